The summed E-state index contributed by atoms with van der Waals surface area (Å²) in [6.45, 7) is 6.97. The van der Waals surface area contributed by atoms with Gasteiger partial charge in [0.15, 0.2) is 5.69 Å². The van der Waals surface area contributed by atoms with Crippen molar-refractivity contribution in [2.75, 3.05) is 26.2 Å². The van der Waals surface area contributed by atoms with Crippen molar-refractivity contribution < 1.29 is 9.90 Å². The summed E-state index contributed by atoms with van der Waals surface area (Å²) < 4.78 is 1.81. The first-order valence-electron chi connectivity index (χ1n) is 8.61. The number of piperidine rings is 1. The van der Waals surface area contributed by atoms with E-state index in [0.29, 0.717) is 36.5 Å². The van der Waals surface area contributed by atoms with Gasteiger partial charge in [0.1, 0.15) is 0 Å². The highest BCUT2D eigenvalue weighted by molar-refractivity contribution is 5.91. The molecule has 1 saturated heterocycles. The van der Waals surface area contributed by atoms with Crippen LogP contribution in [0, 0.1) is 11.8 Å². The molecule has 0 aromatic carbocycles. The number of halogens is 1. The summed E-state index contributed by atoms with van der Waals surface area (Å²) in [5.41, 5.74) is 0.371. The van der Waals surface area contributed by atoms with Crippen molar-refractivity contribution in [1.82, 2.24) is 25.6 Å². The zero-order valence-electron chi connectivity index (χ0n) is 14.6. The maximum atomic E-state index is 12.2. The molecule has 3 N–H and O–H groups in total. The lowest BCUT2D eigenvalue weighted by Crippen LogP contribution is -2.31. The van der Waals surface area contributed by atoms with E-state index in [1.165, 1.54) is 0 Å². The molecule has 2 rings (SSSR count). The molecular formula is C16H30ClN5O2. The minimum absolute atomic E-state index is 0. The number of aliphatic hydroxyl groups is 1. The Balaban J connectivity index is 0.00000288. The van der Waals surface area contributed by atoms with Gasteiger partial charge in [0.2, 0.25) is 0 Å². The largest absolute Gasteiger partial charge is 0.396 e. The quantitative estimate of drug-likeness (QED) is 0.652. The molecule has 0 spiro atoms. The van der Waals surface area contributed by atoms with Crippen LogP contribution in [-0.2, 0) is 0 Å². The van der Waals surface area contributed by atoms with E-state index in [1.807, 2.05) is 4.68 Å². The molecule has 1 aromatic heterocycles. The molecule has 1 aliphatic rings. The van der Waals surface area contributed by atoms with Crippen LogP contribution >= 0.6 is 12.4 Å². The van der Waals surface area contributed by atoms with E-state index >= 15 is 0 Å². The summed E-state index contributed by atoms with van der Waals surface area (Å²) in [6, 6.07) is 0.327. The summed E-state index contributed by atoms with van der Waals surface area (Å²) in [5.74, 6) is 0.657. The molecular weight excluding hydrogens is 330 g/mol. The number of nitrogens with one attached hydrogen (secondary N) is 2. The molecule has 138 valence electrons. The van der Waals surface area contributed by atoms with Crippen molar-refractivity contribution in [3.05, 3.63) is 11.9 Å². The van der Waals surface area contributed by atoms with Gasteiger partial charge in [-0.05, 0) is 50.6 Å². The zero-order valence-corrected chi connectivity index (χ0v) is 15.4. The van der Waals surface area contributed by atoms with Crippen LogP contribution in [0.3, 0.4) is 0 Å². The normalized spacial score (nSPS) is 16.7. The minimum atomic E-state index is -0.183. The number of hydrogen-bond acceptors (Lipinski definition) is 5. The molecule has 1 aliphatic heterocycles. The molecule has 0 aliphatic carbocycles. The third kappa shape index (κ3) is 6.37. The molecule has 1 unspecified atom stereocenters. The molecule has 0 radical (unpaired) electrons. The highest BCUT2D eigenvalue weighted by atomic mass is 35.5. The maximum Gasteiger partial charge on any atom is 0.273 e. The average Bonchev–Trinajstić information content (AvgIpc) is 3.03. The van der Waals surface area contributed by atoms with Crippen LogP contribution in [0.5, 0.6) is 0 Å². The number of hydrogen-bond donors (Lipinski definition) is 3. The standard InChI is InChI=1S/C16H29N5O2.ClH/c1-12(2)9-13(5-8-22)10-18-16(23)15-11-21(20-19-15)14-3-6-17-7-4-14;/h11-14,17,22H,3-10H2,1-2H3,(H,18,23);1H. The first-order valence-corrected chi connectivity index (χ1v) is 8.61. The molecule has 1 fully saturated rings. The summed E-state index contributed by atoms with van der Waals surface area (Å²) in [6.07, 6.45) is 5.46. The number of aromatic nitrogens is 3. The second-order valence-corrected chi connectivity index (χ2v) is 6.78. The van der Waals surface area contributed by atoms with Crippen molar-refractivity contribution in [2.45, 2.75) is 45.6 Å². The predicted octanol–water partition coefficient (Wildman–Crippen LogP) is 1.40. The smallest absolute Gasteiger partial charge is 0.273 e. The Morgan fingerprint density at radius 2 is 2.17 bits per heavy atom. The summed E-state index contributed by atoms with van der Waals surface area (Å²) >= 11 is 0. The van der Waals surface area contributed by atoms with Gasteiger partial charge in [-0.15, -0.1) is 17.5 Å². The van der Waals surface area contributed by atoms with Gasteiger partial charge in [0.05, 0.1) is 12.2 Å². The minimum Gasteiger partial charge on any atom is -0.396 e. The fourth-order valence-electron chi connectivity index (χ4n) is 3.11. The van der Waals surface area contributed by atoms with E-state index in [9.17, 15) is 4.79 Å². The van der Waals surface area contributed by atoms with Crippen molar-refractivity contribution in [3.8, 4) is 0 Å². The van der Waals surface area contributed by atoms with Gasteiger partial charge in [-0.3, -0.25) is 4.79 Å². The second-order valence-electron chi connectivity index (χ2n) is 6.78. The van der Waals surface area contributed by atoms with E-state index in [-0.39, 0.29) is 24.9 Å². The van der Waals surface area contributed by atoms with Crippen LogP contribution in [0.25, 0.3) is 0 Å². The van der Waals surface area contributed by atoms with E-state index < -0.39 is 0 Å². The van der Waals surface area contributed by atoms with Crippen LogP contribution in [-0.4, -0.2) is 52.2 Å². The molecule has 0 saturated carbocycles. The first kappa shape index (κ1) is 20.9. The number of amides is 1. The predicted molar refractivity (Wildman–Crippen MR) is 95.4 cm³/mol. The van der Waals surface area contributed by atoms with Crippen LogP contribution in [0.15, 0.2) is 6.20 Å². The van der Waals surface area contributed by atoms with Crippen molar-refractivity contribution >= 4 is 18.3 Å². The third-order valence-electron chi connectivity index (χ3n) is 4.32. The number of nitrogens with zero attached hydrogens (tertiary/aromatic N) is 3. The van der Waals surface area contributed by atoms with Crippen molar-refractivity contribution in [1.29, 1.82) is 0 Å². The van der Waals surface area contributed by atoms with Gasteiger partial charge in [-0.25, -0.2) is 4.68 Å². The van der Waals surface area contributed by atoms with Gasteiger partial charge in [-0.1, -0.05) is 19.1 Å². The lowest BCUT2D eigenvalue weighted by molar-refractivity contribution is 0.0936. The van der Waals surface area contributed by atoms with Crippen LogP contribution < -0.4 is 10.6 Å². The Morgan fingerprint density at radius 1 is 1.46 bits per heavy atom. The fourth-order valence-corrected chi connectivity index (χ4v) is 3.11. The monoisotopic (exact) mass is 359 g/mol. The highest BCUT2D eigenvalue weighted by Gasteiger charge is 2.19. The highest BCUT2D eigenvalue weighted by Crippen LogP contribution is 2.17. The van der Waals surface area contributed by atoms with Gasteiger partial charge in [0, 0.05) is 13.2 Å². The first-order chi connectivity index (χ1) is 11.1. The second kappa shape index (κ2) is 10.6. The molecule has 24 heavy (non-hydrogen) atoms. The summed E-state index contributed by atoms with van der Waals surface area (Å²) in [7, 11) is 0. The zero-order chi connectivity index (χ0) is 16.7. The Bertz CT molecular complexity index is 489. The Hall–Kier alpha value is -1.18. The van der Waals surface area contributed by atoms with Crippen molar-refractivity contribution in [3.63, 3.8) is 0 Å². The van der Waals surface area contributed by atoms with Gasteiger partial charge in [-0.2, -0.15) is 0 Å². The van der Waals surface area contributed by atoms with Crippen LogP contribution in [0.2, 0.25) is 0 Å². The summed E-state index contributed by atoms with van der Waals surface area (Å²) in [5, 5.41) is 23.5. The fraction of sp³-hybridized carbons (Fsp3) is 0.812. The Labute approximate surface area is 150 Å². The van der Waals surface area contributed by atoms with E-state index in [4.69, 9.17) is 5.11 Å². The molecule has 7 nitrogen and oxygen atoms in total. The van der Waals surface area contributed by atoms with Crippen molar-refractivity contribution in [2.24, 2.45) is 11.8 Å². The van der Waals surface area contributed by atoms with Gasteiger partial charge < -0.3 is 15.7 Å². The SMILES string of the molecule is CC(C)CC(CCO)CNC(=O)c1cn(C2CCNCC2)nn1.Cl. The van der Waals surface area contributed by atoms with Crippen LogP contribution in [0.1, 0.15) is 56.1 Å². The average molecular weight is 360 g/mol. The molecule has 0 bridgehead atoms. The summed E-state index contributed by atoms with van der Waals surface area (Å²) in [4.78, 5) is 12.2. The van der Waals surface area contributed by atoms with Gasteiger partial charge in [0.25, 0.3) is 5.91 Å². The molecule has 1 atom stereocenters. The lowest BCUT2D eigenvalue weighted by atomic mass is 9.94. The Kier molecular flexibility index (Phi) is 9.25. The topological polar surface area (TPSA) is 92.1 Å². The van der Waals surface area contributed by atoms with Crippen LogP contribution in [0.4, 0.5) is 0 Å². The van der Waals surface area contributed by atoms with E-state index in [0.717, 1.165) is 32.4 Å². The molecule has 1 aromatic rings. The molecule has 2 heterocycles. The molecule has 1 amide bonds. The number of carbonyl (C=O) groups excluding carboxylic acids is 1. The molecule has 8 heteroatoms. The lowest BCUT2D eigenvalue weighted by Gasteiger charge is -2.22. The van der Waals surface area contributed by atoms with E-state index in [1.54, 1.807) is 6.20 Å². The maximum absolute atomic E-state index is 12.2. The number of aliphatic hydroxyl groups excluding tert-OH is 1. The third-order valence-corrected chi connectivity index (χ3v) is 4.32. The Morgan fingerprint density at radius 3 is 2.79 bits per heavy atom. The van der Waals surface area contributed by atoms with E-state index in [2.05, 4.69) is 34.8 Å². The number of rotatable bonds is 8. The van der Waals surface area contributed by atoms with Gasteiger partial charge >= 0.3 is 0 Å². The number of carbonyl (C=O) groups is 1.